The SMILES string of the molecule is Cc1ccc2nc(N/N=C(\c3ccccc3)c3ccccn3)cc(C)c2c1. The first-order valence-electron chi connectivity index (χ1n) is 8.89. The Labute approximate surface area is 158 Å². The number of hydrogen-bond donors (Lipinski definition) is 1. The lowest BCUT2D eigenvalue weighted by molar-refractivity contribution is 1.22. The van der Waals surface area contributed by atoms with Gasteiger partial charge in [-0.25, -0.2) is 4.98 Å². The van der Waals surface area contributed by atoms with Crippen LogP contribution in [0.1, 0.15) is 22.4 Å². The molecule has 0 saturated carbocycles. The Morgan fingerprint density at radius 2 is 1.70 bits per heavy atom. The molecule has 0 amide bonds. The number of aryl methyl sites for hydroxylation is 2. The van der Waals surface area contributed by atoms with Crippen molar-refractivity contribution in [1.29, 1.82) is 0 Å². The minimum Gasteiger partial charge on any atom is -0.261 e. The van der Waals surface area contributed by atoms with Gasteiger partial charge >= 0.3 is 0 Å². The van der Waals surface area contributed by atoms with E-state index in [-0.39, 0.29) is 0 Å². The summed E-state index contributed by atoms with van der Waals surface area (Å²) in [4.78, 5) is 9.15. The van der Waals surface area contributed by atoms with Gasteiger partial charge in [-0.2, -0.15) is 5.10 Å². The van der Waals surface area contributed by atoms with E-state index in [1.807, 2.05) is 60.7 Å². The molecule has 0 radical (unpaired) electrons. The fourth-order valence-corrected chi connectivity index (χ4v) is 3.05. The lowest BCUT2D eigenvalue weighted by Crippen LogP contribution is -2.09. The Bertz CT molecular complexity index is 1060. The molecule has 0 aliphatic carbocycles. The highest BCUT2D eigenvalue weighted by Crippen LogP contribution is 2.21. The van der Waals surface area contributed by atoms with E-state index in [1.165, 1.54) is 11.1 Å². The number of hydrazone groups is 1. The summed E-state index contributed by atoms with van der Waals surface area (Å²) in [5, 5.41) is 5.81. The van der Waals surface area contributed by atoms with E-state index in [0.29, 0.717) is 5.82 Å². The number of nitrogens with zero attached hydrogens (tertiary/aromatic N) is 3. The molecule has 2 aromatic carbocycles. The summed E-state index contributed by atoms with van der Waals surface area (Å²) in [5.74, 6) is 0.716. The van der Waals surface area contributed by atoms with E-state index in [4.69, 9.17) is 4.98 Å². The minimum atomic E-state index is 0.716. The van der Waals surface area contributed by atoms with Crippen molar-refractivity contribution in [3.05, 3.63) is 101 Å². The van der Waals surface area contributed by atoms with Crippen LogP contribution in [-0.2, 0) is 0 Å². The van der Waals surface area contributed by atoms with Gasteiger partial charge in [-0.15, -0.1) is 0 Å². The van der Waals surface area contributed by atoms with Crippen molar-refractivity contribution in [3.8, 4) is 0 Å². The maximum Gasteiger partial charge on any atom is 0.147 e. The molecule has 0 fully saturated rings. The molecule has 4 heteroatoms. The predicted molar refractivity (Wildman–Crippen MR) is 111 cm³/mol. The number of rotatable bonds is 4. The molecule has 4 rings (SSSR count). The average molecular weight is 352 g/mol. The van der Waals surface area contributed by atoms with Crippen LogP contribution in [0.5, 0.6) is 0 Å². The molecule has 0 bridgehead atoms. The van der Waals surface area contributed by atoms with E-state index in [0.717, 1.165) is 27.9 Å². The van der Waals surface area contributed by atoms with Crippen molar-refractivity contribution in [1.82, 2.24) is 9.97 Å². The van der Waals surface area contributed by atoms with E-state index >= 15 is 0 Å². The molecule has 4 nitrogen and oxygen atoms in total. The van der Waals surface area contributed by atoms with Gasteiger partial charge in [0.2, 0.25) is 0 Å². The third kappa shape index (κ3) is 3.70. The third-order valence-corrected chi connectivity index (χ3v) is 4.41. The van der Waals surface area contributed by atoms with Crippen molar-refractivity contribution < 1.29 is 0 Å². The lowest BCUT2D eigenvalue weighted by atomic mass is 10.1. The van der Waals surface area contributed by atoms with Gasteiger partial charge in [0.1, 0.15) is 11.5 Å². The Hall–Kier alpha value is -3.53. The van der Waals surface area contributed by atoms with Gasteiger partial charge in [-0.1, -0.05) is 48.0 Å². The summed E-state index contributed by atoms with van der Waals surface area (Å²) in [6, 6.07) is 24.1. The van der Waals surface area contributed by atoms with Gasteiger partial charge in [-0.05, 0) is 49.7 Å². The average Bonchev–Trinajstić information content (AvgIpc) is 2.70. The first-order valence-corrected chi connectivity index (χ1v) is 8.89. The number of hydrogen-bond acceptors (Lipinski definition) is 4. The summed E-state index contributed by atoms with van der Waals surface area (Å²) in [6.45, 7) is 4.18. The molecule has 0 saturated heterocycles. The molecule has 0 aliphatic rings. The molecule has 132 valence electrons. The third-order valence-electron chi connectivity index (χ3n) is 4.41. The number of fused-ring (bicyclic) bond motifs is 1. The van der Waals surface area contributed by atoms with Crippen LogP contribution in [0.25, 0.3) is 10.9 Å². The van der Waals surface area contributed by atoms with E-state index < -0.39 is 0 Å². The second-order valence-electron chi connectivity index (χ2n) is 6.50. The lowest BCUT2D eigenvalue weighted by Gasteiger charge is -2.09. The van der Waals surface area contributed by atoms with E-state index in [9.17, 15) is 0 Å². The summed E-state index contributed by atoms with van der Waals surface area (Å²) in [5.41, 5.74) is 9.06. The number of nitrogens with one attached hydrogen (secondary N) is 1. The van der Waals surface area contributed by atoms with Gasteiger partial charge in [0.05, 0.1) is 11.2 Å². The van der Waals surface area contributed by atoms with Gasteiger partial charge in [0, 0.05) is 17.1 Å². The van der Waals surface area contributed by atoms with E-state index in [2.05, 4.69) is 41.5 Å². The van der Waals surface area contributed by atoms with Gasteiger partial charge in [0.15, 0.2) is 0 Å². The van der Waals surface area contributed by atoms with Crippen molar-refractivity contribution in [2.75, 3.05) is 5.43 Å². The number of anilines is 1. The van der Waals surface area contributed by atoms with Crippen LogP contribution in [-0.4, -0.2) is 15.7 Å². The molecule has 27 heavy (non-hydrogen) atoms. The summed E-state index contributed by atoms with van der Waals surface area (Å²) in [7, 11) is 0. The van der Waals surface area contributed by atoms with Crippen molar-refractivity contribution in [2.45, 2.75) is 13.8 Å². The molecule has 1 N–H and O–H groups in total. The molecule has 2 heterocycles. The maximum absolute atomic E-state index is 4.70. The van der Waals surface area contributed by atoms with Gasteiger partial charge < -0.3 is 0 Å². The second-order valence-corrected chi connectivity index (χ2v) is 6.50. The van der Waals surface area contributed by atoms with Crippen LogP contribution in [0, 0.1) is 13.8 Å². The van der Waals surface area contributed by atoms with Gasteiger partial charge in [-0.3, -0.25) is 10.4 Å². The normalized spacial score (nSPS) is 11.6. The molecule has 4 aromatic rings. The Balaban J connectivity index is 1.74. The van der Waals surface area contributed by atoms with Crippen LogP contribution in [0.2, 0.25) is 0 Å². The number of pyridine rings is 2. The standard InChI is InChI=1S/C23H20N4/c1-16-11-12-20-19(14-16)17(2)15-22(25-20)26-27-23(18-8-4-3-5-9-18)21-10-6-7-13-24-21/h3-15H,1-2H3,(H,25,26)/b27-23+. The smallest absolute Gasteiger partial charge is 0.147 e. The van der Waals surface area contributed by atoms with Crippen LogP contribution < -0.4 is 5.43 Å². The summed E-state index contributed by atoms with van der Waals surface area (Å²) in [6.07, 6.45) is 1.77. The highest BCUT2D eigenvalue weighted by molar-refractivity contribution is 6.11. The first-order chi connectivity index (χ1) is 13.2. The minimum absolute atomic E-state index is 0.716. The molecule has 0 spiro atoms. The molecule has 0 atom stereocenters. The van der Waals surface area contributed by atoms with Crippen LogP contribution in [0.3, 0.4) is 0 Å². The van der Waals surface area contributed by atoms with Crippen molar-refractivity contribution in [2.24, 2.45) is 5.10 Å². The molecule has 2 aromatic heterocycles. The quantitative estimate of drug-likeness (QED) is 0.410. The zero-order valence-electron chi connectivity index (χ0n) is 15.3. The van der Waals surface area contributed by atoms with Crippen LogP contribution in [0.15, 0.2) is 84.1 Å². The molecule has 0 aliphatic heterocycles. The Kier molecular flexibility index (Phi) is 4.62. The zero-order chi connectivity index (χ0) is 18.6. The molecular weight excluding hydrogens is 332 g/mol. The Morgan fingerprint density at radius 1 is 0.889 bits per heavy atom. The fraction of sp³-hybridized carbons (Fsp3) is 0.0870. The fourth-order valence-electron chi connectivity index (χ4n) is 3.05. The topological polar surface area (TPSA) is 50.2 Å². The van der Waals surface area contributed by atoms with Crippen LogP contribution >= 0.6 is 0 Å². The zero-order valence-corrected chi connectivity index (χ0v) is 15.3. The monoisotopic (exact) mass is 352 g/mol. The van der Waals surface area contributed by atoms with Gasteiger partial charge in [0.25, 0.3) is 0 Å². The van der Waals surface area contributed by atoms with E-state index in [1.54, 1.807) is 6.20 Å². The predicted octanol–water partition coefficient (Wildman–Crippen LogP) is 5.11. The van der Waals surface area contributed by atoms with Crippen LogP contribution in [0.4, 0.5) is 5.82 Å². The highest BCUT2D eigenvalue weighted by atomic mass is 15.3. The van der Waals surface area contributed by atoms with Crippen molar-refractivity contribution >= 4 is 22.4 Å². The first kappa shape index (κ1) is 16.9. The number of benzene rings is 2. The Morgan fingerprint density at radius 3 is 2.48 bits per heavy atom. The highest BCUT2D eigenvalue weighted by Gasteiger charge is 2.09. The van der Waals surface area contributed by atoms with Crippen molar-refractivity contribution in [3.63, 3.8) is 0 Å². The number of aromatic nitrogens is 2. The second kappa shape index (κ2) is 7.38. The molecule has 0 unspecified atom stereocenters. The summed E-state index contributed by atoms with van der Waals surface area (Å²) >= 11 is 0. The summed E-state index contributed by atoms with van der Waals surface area (Å²) < 4.78 is 0. The largest absolute Gasteiger partial charge is 0.261 e. The molecular formula is C23H20N4. The maximum atomic E-state index is 4.70.